The SMILES string of the molecule is CCCCCCCCCCCC/C=C/[C@@H](O)[C@H](COP(=O)(O)OCCN)NC(=O)CCCCCCCCCCCCCCCCCCCCCCCCCC. The van der Waals surface area contributed by atoms with E-state index in [0.29, 0.717) is 6.42 Å². The number of rotatable bonds is 45. The number of carbonyl (C=O) groups excluding carboxylic acids is 1. The summed E-state index contributed by atoms with van der Waals surface area (Å²) in [4.78, 5) is 22.7. The van der Waals surface area contributed by atoms with Crippen molar-refractivity contribution in [2.75, 3.05) is 19.8 Å². The molecular formula is C46H93N2O6P. The van der Waals surface area contributed by atoms with E-state index in [-0.39, 0.29) is 25.7 Å². The Balaban J connectivity index is 3.99. The van der Waals surface area contributed by atoms with Crippen LogP contribution in [0.25, 0.3) is 0 Å². The third-order valence-electron chi connectivity index (χ3n) is 10.9. The van der Waals surface area contributed by atoms with Gasteiger partial charge in [0, 0.05) is 13.0 Å². The lowest BCUT2D eigenvalue weighted by Crippen LogP contribution is -2.45. The topological polar surface area (TPSA) is 131 Å². The van der Waals surface area contributed by atoms with Gasteiger partial charge in [0.05, 0.1) is 25.4 Å². The maximum Gasteiger partial charge on any atom is 0.472 e. The zero-order valence-electron chi connectivity index (χ0n) is 36.4. The first-order valence-corrected chi connectivity index (χ1v) is 25.3. The second kappa shape index (κ2) is 42.8. The molecule has 0 heterocycles. The highest BCUT2D eigenvalue weighted by Crippen LogP contribution is 2.43. The van der Waals surface area contributed by atoms with Gasteiger partial charge in [-0.25, -0.2) is 4.57 Å². The molecule has 0 aliphatic heterocycles. The highest BCUT2D eigenvalue weighted by Gasteiger charge is 2.26. The van der Waals surface area contributed by atoms with E-state index in [0.717, 1.165) is 38.5 Å². The van der Waals surface area contributed by atoms with Gasteiger partial charge in [0.1, 0.15) is 0 Å². The average molecular weight is 801 g/mol. The van der Waals surface area contributed by atoms with Gasteiger partial charge in [0.25, 0.3) is 0 Å². The summed E-state index contributed by atoms with van der Waals surface area (Å²) in [5.74, 6) is -0.190. The molecule has 0 aromatic carbocycles. The Morgan fingerprint density at radius 2 is 0.927 bits per heavy atom. The molecule has 328 valence electrons. The largest absolute Gasteiger partial charge is 0.472 e. The van der Waals surface area contributed by atoms with E-state index in [2.05, 4.69) is 19.2 Å². The van der Waals surface area contributed by atoms with Crippen molar-refractivity contribution >= 4 is 13.7 Å². The standard InChI is InChI=1S/C46H93N2O6P/c1-3-5-7-9-11-13-15-17-18-19-20-21-22-23-24-25-26-27-28-30-32-34-36-38-40-46(50)48-44(43-54-55(51,52)53-42-41-47)45(49)39-37-35-33-31-29-16-14-12-10-8-6-4-2/h37,39,44-45,49H,3-36,38,40-43,47H2,1-2H3,(H,48,50)(H,51,52)/b39-37+/t44-,45+/m0/s1. The van der Waals surface area contributed by atoms with Crippen molar-refractivity contribution in [3.63, 3.8) is 0 Å². The zero-order chi connectivity index (χ0) is 40.3. The molecule has 0 radical (unpaired) electrons. The predicted molar refractivity (Wildman–Crippen MR) is 235 cm³/mol. The number of unbranched alkanes of at least 4 members (excludes halogenated alkanes) is 33. The van der Waals surface area contributed by atoms with Gasteiger partial charge in [-0.2, -0.15) is 0 Å². The lowest BCUT2D eigenvalue weighted by atomic mass is 10.0. The van der Waals surface area contributed by atoms with Crippen molar-refractivity contribution in [3.8, 4) is 0 Å². The first-order valence-electron chi connectivity index (χ1n) is 23.8. The highest BCUT2D eigenvalue weighted by molar-refractivity contribution is 7.47. The minimum absolute atomic E-state index is 0.0813. The summed E-state index contributed by atoms with van der Waals surface area (Å²) in [6, 6.07) is -0.854. The molecule has 1 unspecified atom stereocenters. The Kier molecular flexibility index (Phi) is 42.2. The lowest BCUT2D eigenvalue weighted by Gasteiger charge is -2.23. The van der Waals surface area contributed by atoms with Crippen LogP contribution >= 0.6 is 7.82 Å². The van der Waals surface area contributed by atoms with Gasteiger partial charge in [-0.15, -0.1) is 0 Å². The van der Waals surface area contributed by atoms with Crippen LogP contribution in [-0.4, -0.2) is 47.8 Å². The van der Waals surface area contributed by atoms with E-state index in [1.54, 1.807) is 6.08 Å². The molecule has 0 fully saturated rings. The van der Waals surface area contributed by atoms with E-state index in [4.69, 9.17) is 14.8 Å². The van der Waals surface area contributed by atoms with Crippen LogP contribution in [0.5, 0.6) is 0 Å². The molecule has 8 nitrogen and oxygen atoms in total. The lowest BCUT2D eigenvalue weighted by molar-refractivity contribution is -0.123. The first-order chi connectivity index (χ1) is 26.9. The summed E-state index contributed by atoms with van der Waals surface area (Å²) in [6.07, 6.45) is 48.5. The van der Waals surface area contributed by atoms with Crippen LogP contribution in [-0.2, 0) is 18.4 Å². The van der Waals surface area contributed by atoms with Crippen LogP contribution in [0.2, 0.25) is 0 Å². The molecule has 0 saturated heterocycles. The Labute approximate surface area is 341 Å². The van der Waals surface area contributed by atoms with Crippen molar-refractivity contribution in [3.05, 3.63) is 12.2 Å². The third-order valence-corrected chi connectivity index (χ3v) is 11.8. The molecule has 0 saturated carbocycles. The number of aliphatic hydroxyl groups excluding tert-OH is 1. The molecule has 5 N–H and O–H groups in total. The maximum absolute atomic E-state index is 12.8. The van der Waals surface area contributed by atoms with Crippen LogP contribution in [0.4, 0.5) is 0 Å². The smallest absolute Gasteiger partial charge is 0.387 e. The fourth-order valence-corrected chi connectivity index (χ4v) is 8.01. The summed E-state index contributed by atoms with van der Waals surface area (Å²) in [7, 11) is -4.33. The number of phosphoric acid groups is 1. The molecule has 9 heteroatoms. The molecule has 55 heavy (non-hydrogen) atoms. The molecule has 0 rings (SSSR count). The molecule has 0 aliphatic rings. The van der Waals surface area contributed by atoms with Gasteiger partial charge in [-0.1, -0.05) is 231 Å². The van der Waals surface area contributed by atoms with E-state index in [9.17, 15) is 19.4 Å². The number of hydrogen-bond acceptors (Lipinski definition) is 6. The van der Waals surface area contributed by atoms with Gasteiger partial charge in [-0.05, 0) is 19.3 Å². The molecular weight excluding hydrogens is 707 g/mol. The molecule has 0 spiro atoms. The van der Waals surface area contributed by atoms with Crippen molar-refractivity contribution in [1.29, 1.82) is 0 Å². The second-order valence-electron chi connectivity index (χ2n) is 16.3. The van der Waals surface area contributed by atoms with Crippen LogP contribution in [0.1, 0.15) is 245 Å². The van der Waals surface area contributed by atoms with Crippen LogP contribution in [0.3, 0.4) is 0 Å². The summed E-state index contributed by atoms with van der Waals surface area (Å²) >= 11 is 0. The Hall–Kier alpha value is -0.760. The molecule has 1 amide bonds. The fourth-order valence-electron chi connectivity index (χ4n) is 7.25. The quantitative estimate of drug-likeness (QED) is 0.0274. The van der Waals surface area contributed by atoms with E-state index in [1.165, 1.54) is 186 Å². The number of carbonyl (C=O) groups is 1. The van der Waals surface area contributed by atoms with Crippen molar-refractivity contribution in [1.82, 2.24) is 5.32 Å². The van der Waals surface area contributed by atoms with Gasteiger partial charge >= 0.3 is 7.82 Å². The third kappa shape index (κ3) is 41.2. The van der Waals surface area contributed by atoms with E-state index < -0.39 is 20.0 Å². The Morgan fingerprint density at radius 1 is 0.582 bits per heavy atom. The maximum atomic E-state index is 12.8. The summed E-state index contributed by atoms with van der Waals surface area (Å²) in [5, 5.41) is 13.7. The summed E-state index contributed by atoms with van der Waals surface area (Å²) in [6.45, 7) is 4.16. The highest BCUT2D eigenvalue weighted by atomic mass is 31.2. The van der Waals surface area contributed by atoms with Gasteiger partial charge in [0.2, 0.25) is 5.91 Å². The van der Waals surface area contributed by atoms with Gasteiger partial charge < -0.3 is 21.1 Å². The van der Waals surface area contributed by atoms with Crippen molar-refractivity contribution in [2.45, 2.75) is 257 Å². The van der Waals surface area contributed by atoms with Gasteiger partial charge in [-0.3, -0.25) is 13.8 Å². The minimum Gasteiger partial charge on any atom is -0.387 e. The molecule has 0 aliphatic carbocycles. The van der Waals surface area contributed by atoms with Crippen LogP contribution < -0.4 is 11.1 Å². The number of hydrogen-bond donors (Lipinski definition) is 4. The van der Waals surface area contributed by atoms with Gasteiger partial charge in [0.15, 0.2) is 0 Å². The second-order valence-corrected chi connectivity index (χ2v) is 17.8. The predicted octanol–water partition coefficient (Wildman–Crippen LogP) is 13.6. The number of nitrogens with two attached hydrogens (primary N) is 1. The molecule has 0 aromatic heterocycles. The van der Waals surface area contributed by atoms with Crippen LogP contribution in [0.15, 0.2) is 12.2 Å². The summed E-state index contributed by atoms with van der Waals surface area (Å²) in [5.41, 5.74) is 5.37. The normalized spacial score (nSPS) is 14.1. The van der Waals surface area contributed by atoms with E-state index >= 15 is 0 Å². The summed E-state index contributed by atoms with van der Waals surface area (Å²) < 4.78 is 22.1. The Morgan fingerprint density at radius 3 is 1.29 bits per heavy atom. The Bertz CT molecular complexity index is 875. The first kappa shape index (κ1) is 54.2. The van der Waals surface area contributed by atoms with E-state index in [1.807, 2.05) is 6.08 Å². The fraction of sp³-hybridized carbons (Fsp3) is 0.935. The van der Waals surface area contributed by atoms with Crippen LogP contribution in [0, 0.1) is 0 Å². The zero-order valence-corrected chi connectivity index (χ0v) is 37.3. The number of nitrogens with one attached hydrogen (secondary N) is 1. The molecule has 0 bridgehead atoms. The van der Waals surface area contributed by atoms with Crippen molar-refractivity contribution in [2.24, 2.45) is 5.73 Å². The number of allylic oxidation sites excluding steroid dienone is 1. The molecule has 0 aromatic rings. The number of phosphoric ester groups is 1. The number of aliphatic hydroxyl groups is 1. The number of amides is 1. The average Bonchev–Trinajstić information content (AvgIpc) is 3.17. The minimum atomic E-state index is -4.33. The van der Waals surface area contributed by atoms with Crippen molar-refractivity contribution < 1.29 is 28.4 Å². The molecule has 3 atom stereocenters. The monoisotopic (exact) mass is 801 g/mol.